The Kier molecular flexibility index (Phi) is 38.7. The van der Waals surface area contributed by atoms with E-state index in [1.807, 2.05) is 0 Å². The minimum Gasteiger partial charge on any atom is -0.480 e. The fourth-order valence-corrected chi connectivity index (χ4v) is 7.19. The van der Waals surface area contributed by atoms with Crippen LogP contribution in [0.15, 0.2) is 12.2 Å². The number of carboxylic acid groups (broad SMARTS) is 1. The molecule has 0 amide bonds. The monoisotopic (exact) mass is 818 g/mol. The van der Waals surface area contributed by atoms with Gasteiger partial charge in [0.1, 0.15) is 12.6 Å². The summed E-state index contributed by atoms with van der Waals surface area (Å²) in [7, 11) is -4.71. The molecular formula is C44H84NO10P. The third-order valence-corrected chi connectivity index (χ3v) is 11.0. The summed E-state index contributed by atoms with van der Waals surface area (Å²) in [6.07, 6.45) is 39.9. The molecule has 11 nitrogen and oxygen atoms in total. The SMILES string of the molecule is CCCCCC/C=C\CCCCCCCC(=O)OC[C@H](COP(=O)(O)OC[C@H](N)C(=O)O)OC(=O)CCCCCCCCCCCCCCCCCCCCC. The quantitative estimate of drug-likeness (QED) is 0.0231. The highest BCUT2D eigenvalue weighted by atomic mass is 31.2. The molecular weight excluding hydrogens is 733 g/mol. The first-order chi connectivity index (χ1) is 27.1. The first-order valence-corrected chi connectivity index (χ1v) is 24.2. The molecule has 12 heteroatoms. The molecule has 0 heterocycles. The van der Waals surface area contributed by atoms with Gasteiger partial charge < -0.3 is 25.2 Å². The van der Waals surface area contributed by atoms with E-state index in [1.165, 1.54) is 122 Å². The summed E-state index contributed by atoms with van der Waals surface area (Å²) in [5, 5.41) is 8.89. The van der Waals surface area contributed by atoms with Crippen LogP contribution in [0.1, 0.15) is 219 Å². The van der Waals surface area contributed by atoms with Crippen LogP contribution in [0, 0.1) is 0 Å². The Morgan fingerprint density at radius 3 is 1.32 bits per heavy atom. The number of esters is 2. The molecule has 0 aromatic rings. The van der Waals surface area contributed by atoms with E-state index in [2.05, 4.69) is 30.5 Å². The normalized spacial score (nSPS) is 13.8. The van der Waals surface area contributed by atoms with Crippen molar-refractivity contribution in [3.63, 3.8) is 0 Å². The Bertz CT molecular complexity index is 1010. The Morgan fingerprint density at radius 2 is 0.893 bits per heavy atom. The molecule has 0 aromatic carbocycles. The van der Waals surface area contributed by atoms with Crippen molar-refractivity contribution in [1.82, 2.24) is 0 Å². The number of carbonyl (C=O) groups is 3. The number of unbranched alkanes of at least 4 members (excludes halogenated alkanes) is 27. The lowest BCUT2D eigenvalue weighted by Crippen LogP contribution is -2.34. The predicted molar refractivity (Wildman–Crippen MR) is 226 cm³/mol. The second kappa shape index (κ2) is 40.0. The second-order valence-corrected chi connectivity index (χ2v) is 17.0. The van der Waals surface area contributed by atoms with Crippen molar-refractivity contribution in [3.8, 4) is 0 Å². The highest BCUT2D eigenvalue weighted by molar-refractivity contribution is 7.47. The van der Waals surface area contributed by atoms with E-state index >= 15 is 0 Å². The molecule has 0 rings (SSSR count). The first-order valence-electron chi connectivity index (χ1n) is 22.7. The maximum Gasteiger partial charge on any atom is 0.472 e. The molecule has 0 radical (unpaired) electrons. The number of phosphoric acid groups is 1. The van der Waals surface area contributed by atoms with Gasteiger partial charge in [0, 0.05) is 12.8 Å². The van der Waals surface area contributed by atoms with E-state index in [0.29, 0.717) is 12.8 Å². The van der Waals surface area contributed by atoms with Gasteiger partial charge in [-0.25, -0.2) is 4.57 Å². The Labute approximate surface area is 341 Å². The zero-order valence-corrected chi connectivity index (χ0v) is 36.6. The van der Waals surface area contributed by atoms with Crippen molar-refractivity contribution in [2.24, 2.45) is 5.73 Å². The van der Waals surface area contributed by atoms with Crippen LogP contribution in [-0.2, 0) is 37.5 Å². The first kappa shape index (κ1) is 54.2. The molecule has 56 heavy (non-hydrogen) atoms. The van der Waals surface area contributed by atoms with Gasteiger partial charge in [0.25, 0.3) is 0 Å². The van der Waals surface area contributed by atoms with Crippen LogP contribution in [0.2, 0.25) is 0 Å². The number of aliphatic carboxylic acids is 1. The minimum atomic E-state index is -4.71. The molecule has 0 saturated carbocycles. The number of allylic oxidation sites excluding steroid dienone is 2. The van der Waals surface area contributed by atoms with Crippen LogP contribution in [0.25, 0.3) is 0 Å². The van der Waals surface area contributed by atoms with Gasteiger partial charge in [-0.1, -0.05) is 180 Å². The van der Waals surface area contributed by atoms with E-state index in [1.54, 1.807) is 0 Å². The maximum absolute atomic E-state index is 12.6. The topological polar surface area (TPSA) is 172 Å². The average Bonchev–Trinajstić information content (AvgIpc) is 3.17. The average molecular weight is 818 g/mol. The highest BCUT2D eigenvalue weighted by Gasteiger charge is 2.28. The lowest BCUT2D eigenvalue weighted by Gasteiger charge is -2.20. The van der Waals surface area contributed by atoms with Gasteiger partial charge in [0.15, 0.2) is 6.10 Å². The summed E-state index contributed by atoms with van der Waals surface area (Å²) in [6, 6.07) is -1.52. The molecule has 0 aliphatic rings. The standard InChI is InChI=1S/C44H84NO10P/c1-3-5-7-9-11-13-15-17-18-19-20-21-22-24-26-28-30-32-34-36-43(47)55-40(38-53-56(50,51)54-39-41(45)44(48)49)37-52-42(46)35-33-31-29-27-25-23-16-14-12-10-8-6-4-2/h14,16,40-41H,3-13,15,17-39,45H2,1-2H3,(H,48,49)(H,50,51)/b16-14-/t40-,41+/m1/s1. The number of ether oxygens (including phenoxy) is 2. The Hall–Kier alpha value is -1.78. The molecule has 0 aliphatic heterocycles. The largest absolute Gasteiger partial charge is 0.480 e. The molecule has 4 N–H and O–H groups in total. The van der Waals surface area contributed by atoms with Crippen molar-refractivity contribution in [3.05, 3.63) is 12.2 Å². The molecule has 0 aliphatic carbocycles. The number of nitrogens with two attached hydrogens (primary N) is 1. The van der Waals surface area contributed by atoms with Crippen LogP contribution in [0.3, 0.4) is 0 Å². The van der Waals surface area contributed by atoms with Crippen LogP contribution < -0.4 is 5.73 Å². The molecule has 0 fully saturated rings. The summed E-state index contributed by atoms with van der Waals surface area (Å²) >= 11 is 0. The highest BCUT2D eigenvalue weighted by Crippen LogP contribution is 2.43. The third kappa shape index (κ3) is 39.1. The fraction of sp³-hybridized carbons (Fsp3) is 0.886. The maximum atomic E-state index is 12.6. The lowest BCUT2D eigenvalue weighted by molar-refractivity contribution is -0.161. The zero-order chi connectivity index (χ0) is 41.4. The number of carboxylic acids is 1. The summed E-state index contributed by atoms with van der Waals surface area (Å²) in [4.78, 5) is 46.0. The predicted octanol–water partition coefficient (Wildman–Crippen LogP) is 12.1. The number of rotatable bonds is 43. The fourth-order valence-electron chi connectivity index (χ4n) is 6.41. The van der Waals surface area contributed by atoms with Crippen LogP contribution in [-0.4, -0.2) is 59.9 Å². The van der Waals surface area contributed by atoms with Crippen molar-refractivity contribution >= 4 is 25.7 Å². The van der Waals surface area contributed by atoms with Crippen molar-refractivity contribution in [2.45, 2.75) is 231 Å². The van der Waals surface area contributed by atoms with Crippen LogP contribution in [0.4, 0.5) is 0 Å². The second-order valence-electron chi connectivity index (χ2n) is 15.5. The van der Waals surface area contributed by atoms with E-state index < -0.39 is 51.1 Å². The van der Waals surface area contributed by atoms with Gasteiger partial charge in [-0.2, -0.15) is 0 Å². The molecule has 330 valence electrons. The smallest absolute Gasteiger partial charge is 0.472 e. The molecule has 0 bridgehead atoms. The van der Waals surface area contributed by atoms with Gasteiger partial charge in [-0.15, -0.1) is 0 Å². The summed E-state index contributed by atoms with van der Waals surface area (Å²) < 4.78 is 32.7. The van der Waals surface area contributed by atoms with Crippen molar-refractivity contribution in [2.75, 3.05) is 19.8 Å². The van der Waals surface area contributed by atoms with E-state index in [4.69, 9.17) is 24.8 Å². The number of hydrogen-bond donors (Lipinski definition) is 3. The van der Waals surface area contributed by atoms with E-state index in [0.717, 1.165) is 57.8 Å². The zero-order valence-electron chi connectivity index (χ0n) is 35.7. The number of phosphoric ester groups is 1. The van der Waals surface area contributed by atoms with E-state index in [9.17, 15) is 23.8 Å². The minimum absolute atomic E-state index is 0.165. The summed E-state index contributed by atoms with van der Waals surface area (Å²) in [6.45, 7) is 2.81. The third-order valence-electron chi connectivity index (χ3n) is 10.0. The molecule has 0 saturated heterocycles. The number of hydrogen-bond acceptors (Lipinski definition) is 9. The molecule has 0 spiro atoms. The number of carbonyl (C=O) groups excluding carboxylic acids is 2. The Balaban J connectivity index is 4.28. The molecule has 3 atom stereocenters. The summed E-state index contributed by atoms with van der Waals surface area (Å²) in [5.41, 5.74) is 5.33. The van der Waals surface area contributed by atoms with Crippen molar-refractivity contribution < 1.29 is 47.5 Å². The van der Waals surface area contributed by atoms with Gasteiger partial charge in [-0.3, -0.25) is 23.4 Å². The molecule has 1 unspecified atom stereocenters. The van der Waals surface area contributed by atoms with Crippen LogP contribution in [0.5, 0.6) is 0 Å². The van der Waals surface area contributed by atoms with Gasteiger partial charge in [-0.05, 0) is 38.5 Å². The molecule has 0 aromatic heterocycles. The van der Waals surface area contributed by atoms with E-state index in [-0.39, 0.29) is 19.4 Å². The van der Waals surface area contributed by atoms with Crippen LogP contribution >= 0.6 is 7.82 Å². The van der Waals surface area contributed by atoms with Crippen molar-refractivity contribution in [1.29, 1.82) is 0 Å². The Morgan fingerprint density at radius 1 is 0.536 bits per heavy atom. The van der Waals surface area contributed by atoms with Gasteiger partial charge in [0.2, 0.25) is 0 Å². The van der Waals surface area contributed by atoms with Gasteiger partial charge in [0.05, 0.1) is 13.2 Å². The summed E-state index contributed by atoms with van der Waals surface area (Å²) in [5.74, 6) is -2.37. The lowest BCUT2D eigenvalue weighted by atomic mass is 10.0. The van der Waals surface area contributed by atoms with Gasteiger partial charge >= 0.3 is 25.7 Å².